The van der Waals surface area contributed by atoms with Crippen LogP contribution in [-0.4, -0.2) is 68.7 Å². The van der Waals surface area contributed by atoms with E-state index in [1.54, 1.807) is 14.2 Å². The summed E-state index contributed by atoms with van der Waals surface area (Å²) in [5, 5.41) is 0. The second-order valence-electron chi connectivity index (χ2n) is 7.18. The number of nitrogens with zero attached hydrogens (tertiary/aromatic N) is 2. The standard InChI is InChI=1S/C21H30N2O4/c1-15(2)14-23-20(24)18(17-8-6-16(3)7-9-17)19(21(23)25)22(10-12-26-4)11-13-27-5/h6-9,15H,10-14H2,1-5H3. The Bertz CT molecular complexity index is 687. The predicted molar refractivity (Wildman–Crippen MR) is 105 cm³/mol. The van der Waals surface area contributed by atoms with Gasteiger partial charge in [0.05, 0.1) is 18.8 Å². The van der Waals surface area contributed by atoms with E-state index in [1.807, 2.05) is 49.9 Å². The van der Waals surface area contributed by atoms with Crippen molar-refractivity contribution >= 4 is 17.4 Å². The van der Waals surface area contributed by atoms with Crippen molar-refractivity contribution in [1.29, 1.82) is 0 Å². The molecule has 2 rings (SSSR count). The van der Waals surface area contributed by atoms with Crippen molar-refractivity contribution in [2.75, 3.05) is 47.1 Å². The lowest BCUT2D eigenvalue weighted by Gasteiger charge is -2.26. The van der Waals surface area contributed by atoms with E-state index in [0.717, 1.165) is 11.1 Å². The Balaban J connectivity index is 2.52. The highest BCUT2D eigenvalue weighted by atomic mass is 16.5. The van der Waals surface area contributed by atoms with E-state index < -0.39 is 0 Å². The molecule has 0 unspecified atom stereocenters. The molecular formula is C21H30N2O4. The van der Waals surface area contributed by atoms with Gasteiger partial charge >= 0.3 is 0 Å². The number of ether oxygens (including phenoxy) is 2. The third-order valence-electron chi connectivity index (χ3n) is 4.48. The van der Waals surface area contributed by atoms with E-state index in [9.17, 15) is 9.59 Å². The minimum absolute atomic E-state index is 0.197. The monoisotopic (exact) mass is 374 g/mol. The third kappa shape index (κ3) is 4.96. The molecule has 0 saturated heterocycles. The molecule has 0 radical (unpaired) electrons. The summed E-state index contributed by atoms with van der Waals surface area (Å²) in [6.07, 6.45) is 0. The minimum Gasteiger partial charge on any atom is -0.383 e. The number of carbonyl (C=O) groups excluding carboxylic acids is 2. The molecule has 2 amide bonds. The fourth-order valence-corrected chi connectivity index (χ4v) is 3.11. The fourth-order valence-electron chi connectivity index (χ4n) is 3.11. The van der Waals surface area contributed by atoms with Crippen molar-refractivity contribution in [2.45, 2.75) is 20.8 Å². The molecule has 1 heterocycles. The Morgan fingerprint density at radius 2 is 1.52 bits per heavy atom. The number of hydrogen-bond acceptors (Lipinski definition) is 5. The van der Waals surface area contributed by atoms with Crippen LogP contribution in [0.4, 0.5) is 0 Å². The van der Waals surface area contributed by atoms with Gasteiger partial charge in [-0.1, -0.05) is 43.7 Å². The van der Waals surface area contributed by atoms with Gasteiger partial charge in [-0.2, -0.15) is 0 Å². The molecule has 27 heavy (non-hydrogen) atoms. The van der Waals surface area contributed by atoms with Crippen LogP contribution in [0.1, 0.15) is 25.0 Å². The summed E-state index contributed by atoms with van der Waals surface area (Å²) in [5.74, 6) is -0.271. The zero-order valence-electron chi connectivity index (χ0n) is 16.9. The molecule has 1 aromatic carbocycles. The largest absolute Gasteiger partial charge is 0.383 e. The Kier molecular flexibility index (Phi) is 7.56. The lowest BCUT2D eigenvalue weighted by atomic mass is 10.0. The van der Waals surface area contributed by atoms with Crippen molar-refractivity contribution in [1.82, 2.24) is 9.80 Å². The van der Waals surface area contributed by atoms with Crippen LogP contribution in [0.2, 0.25) is 0 Å². The van der Waals surface area contributed by atoms with Crippen LogP contribution in [0.25, 0.3) is 5.57 Å². The molecule has 0 atom stereocenters. The summed E-state index contributed by atoms with van der Waals surface area (Å²) in [6, 6.07) is 7.72. The number of benzene rings is 1. The summed E-state index contributed by atoms with van der Waals surface area (Å²) in [4.78, 5) is 29.6. The van der Waals surface area contributed by atoms with Crippen LogP contribution in [0.3, 0.4) is 0 Å². The second kappa shape index (κ2) is 9.67. The van der Waals surface area contributed by atoms with Gasteiger partial charge in [0.2, 0.25) is 0 Å². The summed E-state index contributed by atoms with van der Waals surface area (Å²) < 4.78 is 10.4. The number of amides is 2. The fraction of sp³-hybridized carbons (Fsp3) is 0.524. The predicted octanol–water partition coefficient (Wildman–Crippen LogP) is 2.33. The highest BCUT2D eigenvalue weighted by Gasteiger charge is 2.41. The zero-order valence-corrected chi connectivity index (χ0v) is 16.9. The highest BCUT2D eigenvalue weighted by Crippen LogP contribution is 2.32. The molecule has 148 valence electrons. The first-order valence-corrected chi connectivity index (χ1v) is 9.31. The summed E-state index contributed by atoms with van der Waals surface area (Å²) >= 11 is 0. The smallest absolute Gasteiger partial charge is 0.277 e. The third-order valence-corrected chi connectivity index (χ3v) is 4.48. The van der Waals surface area contributed by atoms with Crippen molar-refractivity contribution < 1.29 is 19.1 Å². The second-order valence-corrected chi connectivity index (χ2v) is 7.18. The zero-order chi connectivity index (χ0) is 20.0. The maximum Gasteiger partial charge on any atom is 0.277 e. The molecule has 0 aromatic heterocycles. The molecule has 1 aliphatic heterocycles. The van der Waals surface area contributed by atoms with Gasteiger partial charge in [0.1, 0.15) is 5.70 Å². The van der Waals surface area contributed by atoms with Gasteiger partial charge < -0.3 is 14.4 Å². The van der Waals surface area contributed by atoms with E-state index in [0.29, 0.717) is 44.1 Å². The molecule has 0 aliphatic carbocycles. The number of carbonyl (C=O) groups is 2. The average Bonchev–Trinajstić information content (AvgIpc) is 2.87. The Labute approximate surface area is 161 Å². The van der Waals surface area contributed by atoms with E-state index in [-0.39, 0.29) is 17.7 Å². The van der Waals surface area contributed by atoms with Gasteiger partial charge in [-0.15, -0.1) is 0 Å². The SMILES string of the molecule is COCCN(CCOC)C1=C(c2ccc(C)cc2)C(=O)N(CC(C)C)C1=O. The number of aryl methyl sites for hydroxylation is 1. The van der Waals surface area contributed by atoms with Crippen LogP contribution in [0.5, 0.6) is 0 Å². The molecule has 0 saturated carbocycles. The Hall–Kier alpha value is -2.18. The van der Waals surface area contributed by atoms with Gasteiger partial charge in [-0.3, -0.25) is 14.5 Å². The Morgan fingerprint density at radius 3 is 2.00 bits per heavy atom. The summed E-state index contributed by atoms with van der Waals surface area (Å²) in [5.41, 5.74) is 2.78. The van der Waals surface area contributed by atoms with E-state index >= 15 is 0 Å². The van der Waals surface area contributed by atoms with Crippen LogP contribution in [0, 0.1) is 12.8 Å². The number of hydrogen-bond donors (Lipinski definition) is 0. The normalized spacial score (nSPS) is 14.7. The molecule has 1 aromatic rings. The van der Waals surface area contributed by atoms with Crippen LogP contribution < -0.4 is 0 Å². The summed E-state index contributed by atoms with van der Waals surface area (Å²) in [6.45, 7) is 8.34. The molecule has 0 bridgehead atoms. The summed E-state index contributed by atoms with van der Waals surface area (Å²) in [7, 11) is 3.24. The number of imide groups is 1. The van der Waals surface area contributed by atoms with Gasteiger partial charge in [0.25, 0.3) is 11.8 Å². The van der Waals surface area contributed by atoms with E-state index in [4.69, 9.17) is 9.47 Å². The van der Waals surface area contributed by atoms with Gasteiger partial charge in [-0.05, 0) is 18.4 Å². The lowest BCUT2D eigenvalue weighted by molar-refractivity contribution is -0.138. The molecule has 0 N–H and O–H groups in total. The van der Waals surface area contributed by atoms with Crippen LogP contribution in [0.15, 0.2) is 30.0 Å². The first kappa shape index (κ1) is 21.1. The molecule has 6 heteroatoms. The van der Waals surface area contributed by atoms with Gasteiger partial charge in [0.15, 0.2) is 0 Å². The lowest BCUT2D eigenvalue weighted by Crippen LogP contribution is -2.39. The van der Waals surface area contributed by atoms with Crippen molar-refractivity contribution in [3.8, 4) is 0 Å². The van der Waals surface area contributed by atoms with E-state index in [2.05, 4.69) is 0 Å². The number of rotatable bonds is 10. The van der Waals surface area contributed by atoms with Crippen molar-refractivity contribution in [3.63, 3.8) is 0 Å². The van der Waals surface area contributed by atoms with Gasteiger partial charge in [0, 0.05) is 33.9 Å². The molecule has 1 aliphatic rings. The maximum absolute atomic E-state index is 13.2. The topological polar surface area (TPSA) is 59.1 Å². The van der Waals surface area contributed by atoms with E-state index in [1.165, 1.54) is 4.90 Å². The minimum atomic E-state index is -0.239. The first-order valence-electron chi connectivity index (χ1n) is 9.31. The van der Waals surface area contributed by atoms with Crippen LogP contribution >= 0.6 is 0 Å². The van der Waals surface area contributed by atoms with Crippen LogP contribution in [-0.2, 0) is 19.1 Å². The van der Waals surface area contributed by atoms with Gasteiger partial charge in [-0.25, -0.2) is 0 Å². The Morgan fingerprint density at radius 1 is 0.963 bits per heavy atom. The average molecular weight is 374 g/mol. The number of methoxy groups -OCH3 is 2. The quantitative estimate of drug-likeness (QED) is 0.588. The maximum atomic E-state index is 13.2. The molecule has 0 fully saturated rings. The first-order chi connectivity index (χ1) is 12.9. The molecular weight excluding hydrogens is 344 g/mol. The van der Waals surface area contributed by atoms with Crippen molar-refractivity contribution in [2.24, 2.45) is 5.92 Å². The highest BCUT2D eigenvalue weighted by molar-refractivity contribution is 6.35. The van der Waals surface area contributed by atoms with Crippen molar-refractivity contribution in [3.05, 3.63) is 41.1 Å². The molecule has 0 spiro atoms. The molecule has 6 nitrogen and oxygen atoms in total.